The van der Waals surface area contributed by atoms with Crippen molar-refractivity contribution in [2.45, 2.75) is 42.4 Å². The molecule has 168 valence electrons. The fraction of sp³-hybridized carbons (Fsp3) is 0.280. The van der Waals surface area contributed by atoms with E-state index in [-0.39, 0.29) is 9.79 Å². The van der Waals surface area contributed by atoms with Crippen LogP contribution < -0.4 is 0 Å². The Bertz CT molecular complexity index is 1350. The van der Waals surface area contributed by atoms with Crippen LogP contribution in [0, 0.1) is 12.8 Å². The van der Waals surface area contributed by atoms with Crippen LogP contribution in [-0.2, 0) is 19.9 Å². The standard InChI is InChI=1S/C25H27NO4S2/c1-19-12-17-25(26(19)32(29,30)23-10-4-3-5-11-23)24(18-20-8-6-7-9-20)21-13-15-22(16-14-21)31(2,27)28/h3-5,10-18,20H,6-9H2,1-2H3. The minimum absolute atomic E-state index is 0.230. The molecule has 1 aliphatic rings. The van der Waals surface area contributed by atoms with Crippen molar-refractivity contribution in [1.82, 2.24) is 3.97 Å². The van der Waals surface area contributed by atoms with Crippen molar-refractivity contribution in [2.24, 2.45) is 5.92 Å². The predicted molar refractivity (Wildman–Crippen MR) is 127 cm³/mol. The maximum Gasteiger partial charge on any atom is 0.268 e. The van der Waals surface area contributed by atoms with Crippen molar-refractivity contribution in [1.29, 1.82) is 0 Å². The molecular weight excluding hydrogens is 442 g/mol. The van der Waals surface area contributed by atoms with Gasteiger partial charge in [0.05, 0.1) is 15.5 Å². The molecule has 1 fully saturated rings. The van der Waals surface area contributed by atoms with E-state index < -0.39 is 19.9 Å². The molecule has 0 bridgehead atoms. The zero-order valence-corrected chi connectivity index (χ0v) is 19.9. The Kier molecular flexibility index (Phi) is 6.14. The molecule has 5 nitrogen and oxygen atoms in total. The molecule has 0 aliphatic heterocycles. The average molecular weight is 470 g/mol. The van der Waals surface area contributed by atoms with E-state index in [2.05, 4.69) is 6.08 Å². The second-order valence-electron chi connectivity index (χ2n) is 8.36. The van der Waals surface area contributed by atoms with E-state index in [1.54, 1.807) is 61.5 Å². The van der Waals surface area contributed by atoms with Crippen molar-refractivity contribution >= 4 is 25.4 Å². The monoisotopic (exact) mass is 469 g/mol. The van der Waals surface area contributed by atoms with Gasteiger partial charge in [0.1, 0.15) is 0 Å². The van der Waals surface area contributed by atoms with Gasteiger partial charge in [0.25, 0.3) is 10.0 Å². The number of hydrogen-bond donors (Lipinski definition) is 0. The van der Waals surface area contributed by atoms with Crippen LogP contribution in [0.3, 0.4) is 0 Å². The zero-order valence-electron chi connectivity index (χ0n) is 18.2. The first-order valence-corrected chi connectivity index (χ1v) is 14.0. The SMILES string of the molecule is Cc1ccc(C(=CC2CCCC2)c2ccc(S(C)(=O)=O)cc2)n1S(=O)(=O)c1ccccc1. The molecule has 2 aromatic carbocycles. The summed E-state index contributed by atoms with van der Waals surface area (Å²) in [6, 6.07) is 18.7. The van der Waals surface area contributed by atoms with Gasteiger partial charge in [-0.05, 0) is 67.6 Å². The molecule has 0 amide bonds. The summed E-state index contributed by atoms with van der Waals surface area (Å²) in [6.45, 7) is 1.78. The highest BCUT2D eigenvalue weighted by molar-refractivity contribution is 7.90. The Labute approximate surface area is 190 Å². The van der Waals surface area contributed by atoms with Gasteiger partial charge in [-0.25, -0.2) is 20.8 Å². The lowest BCUT2D eigenvalue weighted by Gasteiger charge is -2.17. The Balaban J connectivity index is 1.89. The van der Waals surface area contributed by atoms with Crippen LogP contribution in [-0.4, -0.2) is 27.1 Å². The summed E-state index contributed by atoms with van der Waals surface area (Å²) < 4.78 is 52.3. The summed E-state index contributed by atoms with van der Waals surface area (Å²) in [6.07, 6.45) is 7.78. The normalized spacial score (nSPS) is 15.9. The first-order chi connectivity index (χ1) is 15.2. The summed E-state index contributed by atoms with van der Waals surface area (Å²) in [5, 5.41) is 0. The first-order valence-electron chi connectivity index (χ1n) is 10.7. The highest BCUT2D eigenvalue weighted by Gasteiger charge is 2.25. The van der Waals surface area contributed by atoms with Crippen molar-refractivity contribution < 1.29 is 16.8 Å². The maximum atomic E-state index is 13.6. The fourth-order valence-corrected chi connectivity index (χ4v) is 6.51. The quantitative estimate of drug-likeness (QED) is 0.506. The number of aromatic nitrogens is 1. The molecule has 0 saturated heterocycles. The number of sulfone groups is 1. The van der Waals surface area contributed by atoms with Gasteiger partial charge in [-0.1, -0.05) is 49.2 Å². The number of aryl methyl sites for hydroxylation is 1. The molecule has 1 aliphatic carbocycles. The summed E-state index contributed by atoms with van der Waals surface area (Å²) >= 11 is 0. The van der Waals surface area contributed by atoms with E-state index >= 15 is 0 Å². The predicted octanol–water partition coefficient (Wildman–Crippen LogP) is 5.06. The number of rotatable bonds is 6. The van der Waals surface area contributed by atoms with E-state index in [1.165, 1.54) is 10.2 Å². The van der Waals surface area contributed by atoms with Crippen LogP contribution in [0.25, 0.3) is 5.57 Å². The molecule has 0 unspecified atom stereocenters. The highest BCUT2D eigenvalue weighted by Crippen LogP contribution is 2.34. The molecule has 4 rings (SSSR count). The third-order valence-corrected chi connectivity index (χ3v) is 8.94. The third kappa shape index (κ3) is 4.45. The Hall–Kier alpha value is -2.64. The van der Waals surface area contributed by atoms with E-state index in [0.717, 1.165) is 36.8 Å². The van der Waals surface area contributed by atoms with Gasteiger partial charge in [-0.15, -0.1) is 0 Å². The summed E-state index contributed by atoms with van der Waals surface area (Å²) in [5.74, 6) is 0.364. The van der Waals surface area contributed by atoms with E-state index in [9.17, 15) is 16.8 Å². The lowest BCUT2D eigenvalue weighted by atomic mass is 9.96. The van der Waals surface area contributed by atoms with Gasteiger partial charge in [-0.2, -0.15) is 0 Å². The highest BCUT2D eigenvalue weighted by atomic mass is 32.2. The number of benzene rings is 2. The van der Waals surface area contributed by atoms with Crippen molar-refractivity contribution in [2.75, 3.05) is 6.26 Å². The molecule has 1 heterocycles. The van der Waals surface area contributed by atoms with Gasteiger partial charge in [0, 0.05) is 17.5 Å². The molecule has 0 N–H and O–H groups in total. The lowest BCUT2D eigenvalue weighted by Crippen LogP contribution is -2.17. The fourth-order valence-electron chi connectivity index (χ4n) is 4.31. The van der Waals surface area contributed by atoms with Crippen LogP contribution in [0.15, 0.2) is 82.6 Å². The first kappa shape index (κ1) is 22.6. The number of allylic oxidation sites excluding steroid dienone is 1. The molecule has 1 saturated carbocycles. The minimum atomic E-state index is -3.80. The van der Waals surface area contributed by atoms with Crippen LogP contribution >= 0.6 is 0 Å². The Morgan fingerprint density at radius 3 is 2.06 bits per heavy atom. The topological polar surface area (TPSA) is 73.2 Å². The maximum absolute atomic E-state index is 13.6. The third-order valence-electron chi connectivity index (χ3n) is 5.97. The number of nitrogens with zero attached hydrogens (tertiary/aromatic N) is 1. The average Bonchev–Trinajstić information content (AvgIpc) is 3.42. The molecule has 0 radical (unpaired) electrons. The largest absolute Gasteiger partial charge is 0.268 e. The van der Waals surface area contributed by atoms with Crippen LogP contribution in [0.5, 0.6) is 0 Å². The molecule has 1 aromatic heterocycles. The Morgan fingerprint density at radius 1 is 0.844 bits per heavy atom. The second kappa shape index (κ2) is 8.71. The molecule has 3 aromatic rings. The zero-order chi connectivity index (χ0) is 22.9. The van der Waals surface area contributed by atoms with E-state index in [4.69, 9.17) is 0 Å². The van der Waals surface area contributed by atoms with Gasteiger partial charge in [0.2, 0.25) is 0 Å². The van der Waals surface area contributed by atoms with Crippen molar-refractivity contribution in [3.63, 3.8) is 0 Å². The van der Waals surface area contributed by atoms with Crippen molar-refractivity contribution in [3.8, 4) is 0 Å². The van der Waals surface area contributed by atoms with E-state index in [0.29, 0.717) is 17.3 Å². The smallest absolute Gasteiger partial charge is 0.238 e. The van der Waals surface area contributed by atoms with Crippen LogP contribution in [0.2, 0.25) is 0 Å². The summed E-state index contributed by atoms with van der Waals surface area (Å²) in [5.41, 5.74) is 2.82. The van der Waals surface area contributed by atoms with Gasteiger partial charge >= 0.3 is 0 Å². The minimum Gasteiger partial charge on any atom is -0.238 e. The summed E-state index contributed by atoms with van der Waals surface area (Å²) in [7, 11) is -7.11. The number of hydrogen-bond acceptors (Lipinski definition) is 4. The molecular formula is C25H27NO4S2. The second-order valence-corrected chi connectivity index (χ2v) is 12.2. The molecule has 0 atom stereocenters. The van der Waals surface area contributed by atoms with Gasteiger partial charge in [0.15, 0.2) is 9.84 Å². The molecule has 0 spiro atoms. The van der Waals surface area contributed by atoms with Crippen LogP contribution in [0.4, 0.5) is 0 Å². The Morgan fingerprint density at radius 2 is 1.47 bits per heavy atom. The van der Waals surface area contributed by atoms with Crippen molar-refractivity contribution in [3.05, 3.63) is 89.8 Å². The molecule has 32 heavy (non-hydrogen) atoms. The van der Waals surface area contributed by atoms with Gasteiger partial charge in [-0.3, -0.25) is 0 Å². The molecule has 7 heteroatoms. The van der Waals surface area contributed by atoms with Gasteiger partial charge < -0.3 is 0 Å². The lowest BCUT2D eigenvalue weighted by molar-refractivity contribution is 0.585. The van der Waals surface area contributed by atoms with E-state index in [1.807, 2.05) is 12.1 Å². The van der Waals surface area contributed by atoms with Crippen LogP contribution in [0.1, 0.15) is 42.6 Å². The summed E-state index contributed by atoms with van der Waals surface area (Å²) in [4.78, 5) is 0.470.